The average Bonchev–Trinajstić information content (AvgIpc) is 3.03. The molecule has 0 bridgehead atoms. The van der Waals surface area contributed by atoms with E-state index in [2.05, 4.69) is 15.2 Å². The van der Waals surface area contributed by atoms with E-state index in [-0.39, 0.29) is 10.7 Å². The first-order valence-electron chi connectivity index (χ1n) is 8.16. The lowest BCUT2D eigenvalue weighted by molar-refractivity contribution is -0.150. The molecule has 146 valence electrons. The third kappa shape index (κ3) is 5.90. The van der Waals surface area contributed by atoms with Crippen LogP contribution < -0.4 is 10.0 Å². The van der Waals surface area contributed by atoms with E-state index in [1.807, 2.05) is 0 Å². The van der Waals surface area contributed by atoms with Crippen LogP contribution in [0.5, 0.6) is 0 Å². The SMILES string of the molecule is Cc1cc(NC(=O)COC(=O)[C@H](NS(=O)(=O)c2ccccc2)C(C)C)no1. The summed E-state index contributed by atoms with van der Waals surface area (Å²) in [5.41, 5.74) is 0. The number of nitrogens with zero attached hydrogens (tertiary/aromatic N) is 1. The molecule has 9 nitrogen and oxygen atoms in total. The van der Waals surface area contributed by atoms with Crippen LogP contribution in [0.3, 0.4) is 0 Å². The van der Waals surface area contributed by atoms with E-state index >= 15 is 0 Å². The lowest BCUT2D eigenvalue weighted by atomic mass is 10.1. The fourth-order valence-corrected chi connectivity index (χ4v) is 3.48. The van der Waals surface area contributed by atoms with Crippen molar-refractivity contribution in [2.75, 3.05) is 11.9 Å². The number of hydrogen-bond acceptors (Lipinski definition) is 7. The van der Waals surface area contributed by atoms with Gasteiger partial charge in [0.15, 0.2) is 12.4 Å². The molecule has 2 rings (SSSR count). The summed E-state index contributed by atoms with van der Waals surface area (Å²) in [5, 5.41) is 5.99. The highest BCUT2D eigenvalue weighted by Gasteiger charge is 2.30. The van der Waals surface area contributed by atoms with Gasteiger partial charge in [-0.25, -0.2) is 8.42 Å². The van der Waals surface area contributed by atoms with Gasteiger partial charge >= 0.3 is 5.97 Å². The summed E-state index contributed by atoms with van der Waals surface area (Å²) in [6.45, 7) is 4.41. The Morgan fingerprint density at radius 1 is 1.22 bits per heavy atom. The highest BCUT2D eigenvalue weighted by atomic mass is 32.2. The zero-order valence-electron chi connectivity index (χ0n) is 15.1. The van der Waals surface area contributed by atoms with Crippen LogP contribution in [0.4, 0.5) is 5.82 Å². The molecule has 0 radical (unpaired) electrons. The Bertz CT molecular complexity index is 892. The predicted octanol–water partition coefficient (Wildman–Crippen LogP) is 1.47. The number of benzene rings is 1. The standard InChI is InChI=1S/C17H21N3O6S/c1-11(2)16(20-27(23,24)13-7-5-4-6-8-13)17(22)25-10-15(21)18-14-9-12(3)26-19-14/h4-9,11,16,20H,10H2,1-3H3,(H,18,19,21)/t16-/m1/s1. The van der Waals surface area contributed by atoms with E-state index in [9.17, 15) is 18.0 Å². The van der Waals surface area contributed by atoms with Crippen LogP contribution in [-0.4, -0.2) is 38.1 Å². The first kappa shape index (κ1) is 20.6. The maximum Gasteiger partial charge on any atom is 0.324 e. The monoisotopic (exact) mass is 395 g/mol. The topological polar surface area (TPSA) is 128 Å². The zero-order valence-corrected chi connectivity index (χ0v) is 15.9. The number of rotatable bonds is 8. The van der Waals surface area contributed by atoms with Gasteiger partial charge in [0, 0.05) is 6.07 Å². The van der Waals surface area contributed by atoms with Crippen LogP contribution in [0.15, 0.2) is 45.8 Å². The quantitative estimate of drug-likeness (QED) is 0.648. The minimum atomic E-state index is -3.91. The molecule has 0 saturated carbocycles. The van der Waals surface area contributed by atoms with E-state index in [0.717, 1.165) is 0 Å². The van der Waals surface area contributed by atoms with E-state index in [1.165, 1.54) is 18.2 Å². The Hall–Kier alpha value is -2.72. The fourth-order valence-electron chi connectivity index (χ4n) is 2.12. The van der Waals surface area contributed by atoms with Gasteiger partial charge in [-0.15, -0.1) is 0 Å². The molecule has 0 aliphatic rings. The van der Waals surface area contributed by atoms with Crippen molar-refractivity contribution >= 4 is 27.7 Å². The minimum absolute atomic E-state index is 0.0302. The molecule has 1 atom stereocenters. The number of anilines is 1. The summed E-state index contributed by atoms with van der Waals surface area (Å²) in [4.78, 5) is 24.1. The second-order valence-electron chi connectivity index (χ2n) is 6.13. The van der Waals surface area contributed by atoms with Gasteiger partial charge in [0.2, 0.25) is 10.0 Å². The Morgan fingerprint density at radius 2 is 1.89 bits per heavy atom. The number of hydrogen-bond donors (Lipinski definition) is 2. The van der Waals surface area contributed by atoms with E-state index in [1.54, 1.807) is 39.0 Å². The van der Waals surface area contributed by atoms with Crippen molar-refractivity contribution in [3.8, 4) is 0 Å². The van der Waals surface area contributed by atoms with Gasteiger partial charge in [-0.1, -0.05) is 37.2 Å². The highest BCUT2D eigenvalue weighted by molar-refractivity contribution is 7.89. The van der Waals surface area contributed by atoms with Gasteiger partial charge in [-0.05, 0) is 25.0 Å². The molecule has 1 aromatic heterocycles. The largest absolute Gasteiger partial charge is 0.454 e. The Morgan fingerprint density at radius 3 is 2.44 bits per heavy atom. The molecule has 27 heavy (non-hydrogen) atoms. The van der Waals surface area contributed by atoms with Gasteiger partial charge < -0.3 is 14.6 Å². The van der Waals surface area contributed by atoms with Crippen molar-refractivity contribution in [2.24, 2.45) is 5.92 Å². The van der Waals surface area contributed by atoms with Crippen LogP contribution in [0.25, 0.3) is 0 Å². The molecule has 0 aliphatic carbocycles. The number of amides is 1. The maximum absolute atomic E-state index is 12.4. The summed E-state index contributed by atoms with van der Waals surface area (Å²) >= 11 is 0. The van der Waals surface area contributed by atoms with Gasteiger partial charge in [0.1, 0.15) is 11.8 Å². The highest BCUT2D eigenvalue weighted by Crippen LogP contribution is 2.12. The molecule has 2 aromatic rings. The zero-order chi connectivity index (χ0) is 20.0. The van der Waals surface area contributed by atoms with Gasteiger partial charge in [0.25, 0.3) is 5.91 Å². The first-order valence-corrected chi connectivity index (χ1v) is 9.64. The molecule has 0 saturated heterocycles. The van der Waals surface area contributed by atoms with Crippen LogP contribution in [0, 0.1) is 12.8 Å². The molecule has 10 heteroatoms. The van der Waals surface area contributed by atoms with E-state index in [0.29, 0.717) is 5.76 Å². The molecule has 2 N–H and O–H groups in total. The third-order valence-corrected chi connectivity index (χ3v) is 4.95. The summed E-state index contributed by atoms with van der Waals surface area (Å²) in [6, 6.07) is 8.03. The van der Waals surface area contributed by atoms with Crippen LogP contribution in [0.1, 0.15) is 19.6 Å². The normalized spacial score (nSPS) is 12.6. The summed E-state index contributed by atoms with van der Waals surface area (Å²) in [6.07, 6.45) is 0. The fraction of sp³-hybridized carbons (Fsp3) is 0.353. The third-order valence-electron chi connectivity index (χ3n) is 3.50. The van der Waals surface area contributed by atoms with Gasteiger partial charge in [-0.2, -0.15) is 4.72 Å². The summed E-state index contributed by atoms with van der Waals surface area (Å²) < 4.78 is 36.9. The predicted molar refractivity (Wildman–Crippen MR) is 96.2 cm³/mol. The second-order valence-corrected chi connectivity index (χ2v) is 7.85. The molecule has 0 fully saturated rings. The number of aryl methyl sites for hydroxylation is 1. The molecular weight excluding hydrogens is 374 g/mol. The molecule has 0 spiro atoms. The minimum Gasteiger partial charge on any atom is -0.454 e. The van der Waals surface area contributed by atoms with Crippen molar-refractivity contribution in [1.82, 2.24) is 9.88 Å². The van der Waals surface area contributed by atoms with E-state index in [4.69, 9.17) is 9.26 Å². The van der Waals surface area contributed by atoms with Crippen LogP contribution in [-0.2, 0) is 24.3 Å². The Balaban J connectivity index is 1.97. The smallest absolute Gasteiger partial charge is 0.324 e. The molecule has 0 unspecified atom stereocenters. The number of carbonyl (C=O) groups excluding carboxylic acids is 2. The number of aromatic nitrogens is 1. The molecular formula is C17H21N3O6S. The number of esters is 1. The number of ether oxygens (including phenoxy) is 1. The Kier molecular flexibility index (Phi) is 6.70. The van der Waals surface area contributed by atoms with E-state index < -0.39 is 40.5 Å². The molecule has 1 heterocycles. The lowest BCUT2D eigenvalue weighted by Crippen LogP contribution is -2.45. The average molecular weight is 395 g/mol. The van der Waals surface area contributed by atoms with Crippen molar-refractivity contribution in [3.63, 3.8) is 0 Å². The number of carbonyl (C=O) groups is 2. The van der Waals surface area contributed by atoms with Crippen molar-refractivity contribution in [2.45, 2.75) is 31.7 Å². The summed E-state index contributed by atoms with van der Waals surface area (Å²) in [5.74, 6) is -1.16. The number of sulfonamides is 1. The maximum atomic E-state index is 12.4. The van der Waals surface area contributed by atoms with Gasteiger partial charge in [-0.3, -0.25) is 9.59 Å². The Labute approximate surface area is 157 Å². The molecule has 0 aliphatic heterocycles. The molecule has 1 aromatic carbocycles. The second kappa shape index (κ2) is 8.78. The number of nitrogens with one attached hydrogen (secondary N) is 2. The lowest BCUT2D eigenvalue weighted by Gasteiger charge is -2.20. The van der Waals surface area contributed by atoms with Gasteiger partial charge in [0.05, 0.1) is 4.90 Å². The van der Waals surface area contributed by atoms with Crippen molar-refractivity contribution < 1.29 is 27.3 Å². The summed E-state index contributed by atoms with van der Waals surface area (Å²) in [7, 11) is -3.91. The van der Waals surface area contributed by atoms with Crippen LogP contribution >= 0.6 is 0 Å². The van der Waals surface area contributed by atoms with Crippen LogP contribution in [0.2, 0.25) is 0 Å². The van der Waals surface area contributed by atoms with Crippen molar-refractivity contribution in [3.05, 3.63) is 42.2 Å². The van der Waals surface area contributed by atoms with Crippen molar-refractivity contribution in [1.29, 1.82) is 0 Å². The molecule has 1 amide bonds. The first-order chi connectivity index (χ1) is 12.7.